The van der Waals surface area contributed by atoms with Crippen LogP contribution in [0, 0.1) is 23.2 Å². The molecule has 0 amide bonds. The fraction of sp³-hybridized carbons (Fsp3) is 0.833. The zero-order valence-corrected chi connectivity index (χ0v) is 9.89. The van der Waals surface area contributed by atoms with Crippen LogP contribution in [0.25, 0.3) is 0 Å². The molecular weight excluding hydrogens is 160 g/mol. The Balaban J connectivity index is 4.42. The van der Waals surface area contributed by atoms with E-state index in [1.54, 1.807) is 0 Å². The smallest absolute Gasteiger partial charge is 0.0881 e. The first-order valence-corrected chi connectivity index (χ1v) is 5.05. The molecule has 3 atom stereocenters. The predicted molar refractivity (Wildman–Crippen MR) is 58.7 cm³/mol. The first kappa shape index (κ1) is 12.5. The summed E-state index contributed by atoms with van der Waals surface area (Å²) in [5.41, 5.74) is 0.295. The van der Waals surface area contributed by atoms with Crippen LogP contribution in [0.2, 0.25) is 0 Å². The van der Waals surface area contributed by atoms with E-state index in [2.05, 4.69) is 41.2 Å². The molecule has 0 aliphatic carbocycles. The van der Waals surface area contributed by atoms with Crippen molar-refractivity contribution in [1.29, 1.82) is 0 Å². The van der Waals surface area contributed by atoms with Gasteiger partial charge in [0, 0.05) is 5.92 Å². The number of aliphatic hydroxyl groups excluding tert-OH is 1. The molecule has 1 heteroatoms. The van der Waals surface area contributed by atoms with Crippen LogP contribution in [0.5, 0.6) is 0 Å². The minimum Gasteiger partial charge on any atom is -0.513 e. The second-order valence-electron chi connectivity index (χ2n) is 5.29. The lowest BCUT2D eigenvalue weighted by molar-refractivity contribution is 0.138. The van der Waals surface area contributed by atoms with Gasteiger partial charge in [-0.3, -0.25) is 0 Å². The molecule has 0 spiro atoms. The Bertz CT molecular complexity index is 176. The average molecular weight is 184 g/mol. The fourth-order valence-electron chi connectivity index (χ4n) is 1.53. The summed E-state index contributed by atoms with van der Waals surface area (Å²) in [5, 5.41) is 9.31. The normalized spacial score (nSPS) is 19.2. The van der Waals surface area contributed by atoms with Crippen LogP contribution in [0.3, 0.4) is 0 Å². The summed E-state index contributed by atoms with van der Waals surface area (Å²) in [6.45, 7) is 16.8. The summed E-state index contributed by atoms with van der Waals surface area (Å²) in [6.07, 6.45) is 0. The minimum absolute atomic E-state index is 0.189. The largest absolute Gasteiger partial charge is 0.513 e. The zero-order chi connectivity index (χ0) is 10.8. The SMILES string of the molecule is C=C(O)C(C)C(C)C(C)C(C)(C)C. The van der Waals surface area contributed by atoms with Gasteiger partial charge in [-0.1, -0.05) is 48.1 Å². The highest BCUT2D eigenvalue weighted by molar-refractivity contribution is 4.91. The van der Waals surface area contributed by atoms with E-state index in [1.807, 2.05) is 6.92 Å². The van der Waals surface area contributed by atoms with Gasteiger partial charge in [0.05, 0.1) is 5.76 Å². The second kappa shape index (κ2) is 4.17. The van der Waals surface area contributed by atoms with Crippen LogP contribution in [0.4, 0.5) is 0 Å². The van der Waals surface area contributed by atoms with Crippen LogP contribution in [-0.4, -0.2) is 5.11 Å². The molecule has 0 aliphatic rings. The predicted octanol–water partition coefficient (Wildman–Crippen LogP) is 4.01. The standard InChI is InChI=1S/C12H24O/c1-8(9(2)11(4)13)10(3)12(5,6)7/h8-10,13H,4H2,1-3,5-7H3. The van der Waals surface area contributed by atoms with Crippen molar-refractivity contribution in [2.75, 3.05) is 0 Å². The first-order chi connectivity index (χ1) is 5.68. The lowest BCUT2D eigenvalue weighted by Crippen LogP contribution is -2.28. The Morgan fingerprint density at radius 3 is 1.77 bits per heavy atom. The molecule has 13 heavy (non-hydrogen) atoms. The molecule has 1 nitrogen and oxygen atoms in total. The molecule has 0 aromatic rings. The average Bonchev–Trinajstić information content (AvgIpc) is 1.98. The van der Waals surface area contributed by atoms with Gasteiger partial charge in [-0.15, -0.1) is 0 Å². The van der Waals surface area contributed by atoms with Gasteiger partial charge in [0.2, 0.25) is 0 Å². The highest BCUT2D eigenvalue weighted by Gasteiger charge is 2.29. The molecule has 0 heterocycles. The molecule has 0 rings (SSSR count). The highest BCUT2D eigenvalue weighted by atomic mass is 16.3. The molecule has 1 N–H and O–H groups in total. The molecule has 0 aliphatic heterocycles. The molecule has 3 unspecified atom stereocenters. The van der Waals surface area contributed by atoms with Crippen molar-refractivity contribution in [3.8, 4) is 0 Å². The van der Waals surface area contributed by atoms with E-state index in [1.165, 1.54) is 0 Å². The summed E-state index contributed by atoms with van der Waals surface area (Å²) in [5.74, 6) is 1.54. The van der Waals surface area contributed by atoms with Crippen LogP contribution >= 0.6 is 0 Å². The summed E-state index contributed by atoms with van der Waals surface area (Å²) >= 11 is 0. The van der Waals surface area contributed by atoms with E-state index in [-0.39, 0.29) is 5.92 Å². The van der Waals surface area contributed by atoms with E-state index in [0.29, 0.717) is 23.0 Å². The van der Waals surface area contributed by atoms with Crippen LogP contribution < -0.4 is 0 Å². The summed E-state index contributed by atoms with van der Waals surface area (Å²) in [4.78, 5) is 0. The number of aliphatic hydroxyl groups is 1. The lowest BCUT2D eigenvalue weighted by atomic mass is 9.71. The maximum absolute atomic E-state index is 9.31. The maximum Gasteiger partial charge on any atom is 0.0881 e. The van der Waals surface area contributed by atoms with Crippen molar-refractivity contribution in [3.63, 3.8) is 0 Å². The van der Waals surface area contributed by atoms with Gasteiger partial charge in [-0.05, 0) is 17.3 Å². The first-order valence-electron chi connectivity index (χ1n) is 5.05. The molecule has 0 saturated heterocycles. The second-order valence-corrected chi connectivity index (χ2v) is 5.29. The molecule has 0 aromatic heterocycles. The Labute approximate surface area is 82.9 Å². The van der Waals surface area contributed by atoms with Crippen molar-refractivity contribution >= 4 is 0 Å². The van der Waals surface area contributed by atoms with Gasteiger partial charge >= 0.3 is 0 Å². The number of allylic oxidation sites excluding steroid dienone is 1. The molecule has 0 saturated carbocycles. The van der Waals surface area contributed by atoms with Crippen molar-refractivity contribution in [1.82, 2.24) is 0 Å². The van der Waals surface area contributed by atoms with Crippen LogP contribution in [-0.2, 0) is 0 Å². The number of hydrogen-bond acceptors (Lipinski definition) is 1. The Morgan fingerprint density at radius 1 is 1.15 bits per heavy atom. The van der Waals surface area contributed by atoms with Gasteiger partial charge in [-0.25, -0.2) is 0 Å². The van der Waals surface area contributed by atoms with Gasteiger partial charge < -0.3 is 5.11 Å². The third kappa shape index (κ3) is 3.41. The maximum atomic E-state index is 9.31. The van der Waals surface area contributed by atoms with E-state index >= 15 is 0 Å². The lowest BCUT2D eigenvalue weighted by Gasteiger charge is -2.35. The van der Waals surface area contributed by atoms with Gasteiger partial charge in [0.1, 0.15) is 0 Å². The van der Waals surface area contributed by atoms with Gasteiger partial charge in [0.15, 0.2) is 0 Å². The Hall–Kier alpha value is -0.460. The van der Waals surface area contributed by atoms with E-state index in [9.17, 15) is 5.11 Å². The molecular formula is C12H24O. The van der Waals surface area contributed by atoms with Crippen molar-refractivity contribution in [2.45, 2.75) is 41.5 Å². The monoisotopic (exact) mass is 184 g/mol. The van der Waals surface area contributed by atoms with Crippen LogP contribution in [0.1, 0.15) is 41.5 Å². The fourth-order valence-corrected chi connectivity index (χ4v) is 1.53. The van der Waals surface area contributed by atoms with Gasteiger partial charge in [0.25, 0.3) is 0 Å². The third-order valence-electron chi connectivity index (χ3n) is 3.47. The molecule has 0 aromatic carbocycles. The molecule has 0 fully saturated rings. The Kier molecular flexibility index (Phi) is 4.02. The minimum atomic E-state index is 0.189. The summed E-state index contributed by atoms with van der Waals surface area (Å²) in [7, 11) is 0. The van der Waals surface area contributed by atoms with E-state index in [4.69, 9.17) is 0 Å². The van der Waals surface area contributed by atoms with Crippen molar-refractivity contribution < 1.29 is 5.11 Å². The quantitative estimate of drug-likeness (QED) is 0.657. The van der Waals surface area contributed by atoms with E-state index < -0.39 is 0 Å². The number of hydrogen-bond donors (Lipinski definition) is 1. The summed E-state index contributed by atoms with van der Waals surface area (Å²) in [6, 6.07) is 0. The van der Waals surface area contributed by atoms with E-state index in [0.717, 1.165) is 0 Å². The van der Waals surface area contributed by atoms with Crippen LogP contribution in [0.15, 0.2) is 12.3 Å². The van der Waals surface area contributed by atoms with Gasteiger partial charge in [-0.2, -0.15) is 0 Å². The zero-order valence-electron chi connectivity index (χ0n) is 9.89. The molecule has 78 valence electrons. The summed E-state index contributed by atoms with van der Waals surface area (Å²) < 4.78 is 0. The van der Waals surface area contributed by atoms with Crippen molar-refractivity contribution in [3.05, 3.63) is 12.3 Å². The van der Waals surface area contributed by atoms with Crippen molar-refractivity contribution in [2.24, 2.45) is 23.2 Å². The topological polar surface area (TPSA) is 20.2 Å². The highest BCUT2D eigenvalue weighted by Crippen LogP contribution is 2.36. The Morgan fingerprint density at radius 2 is 1.54 bits per heavy atom. The number of rotatable bonds is 3. The molecule has 0 bridgehead atoms. The third-order valence-corrected chi connectivity index (χ3v) is 3.47. The molecule has 0 radical (unpaired) electrons.